The van der Waals surface area contributed by atoms with Crippen molar-refractivity contribution in [3.63, 3.8) is 0 Å². The Morgan fingerprint density at radius 1 is 0.727 bits per heavy atom. The molecule has 0 bridgehead atoms. The molecule has 0 saturated carbocycles. The first-order valence-corrected chi connectivity index (χ1v) is 11.2. The number of nitrogens with one attached hydrogen (secondary N) is 1. The first-order chi connectivity index (χ1) is 15.6. The average molecular weight is 439 g/mol. The summed E-state index contributed by atoms with van der Waals surface area (Å²) >= 11 is 0. The second-order valence-electron chi connectivity index (χ2n) is 9.73. The van der Waals surface area contributed by atoms with E-state index < -0.39 is 0 Å². The number of benzene rings is 3. The highest BCUT2D eigenvalue weighted by Gasteiger charge is 2.40. The molecule has 1 aliphatic heterocycles. The molecule has 0 radical (unpaired) electrons. The van der Waals surface area contributed by atoms with Crippen molar-refractivity contribution >= 4 is 28.8 Å². The predicted molar refractivity (Wildman–Crippen MR) is 135 cm³/mol. The van der Waals surface area contributed by atoms with Gasteiger partial charge in [-0.1, -0.05) is 69.3 Å². The molecule has 0 saturated heterocycles. The first kappa shape index (κ1) is 22.5. The number of imide groups is 1. The van der Waals surface area contributed by atoms with Gasteiger partial charge in [-0.3, -0.25) is 9.59 Å². The van der Waals surface area contributed by atoms with E-state index in [1.807, 2.05) is 87.5 Å². The maximum absolute atomic E-state index is 13.7. The fourth-order valence-electron chi connectivity index (χ4n) is 4.00. The number of carbonyl (C=O) groups is 2. The van der Waals surface area contributed by atoms with E-state index in [1.54, 1.807) is 0 Å². The zero-order chi connectivity index (χ0) is 23.9. The highest BCUT2D eigenvalue weighted by Crippen LogP contribution is 2.35. The van der Waals surface area contributed by atoms with Crippen molar-refractivity contribution in [3.8, 4) is 0 Å². The molecular weight excluding hydrogens is 408 g/mol. The minimum Gasteiger partial charge on any atom is -0.350 e. The van der Waals surface area contributed by atoms with Crippen molar-refractivity contribution in [2.24, 2.45) is 0 Å². The van der Waals surface area contributed by atoms with Gasteiger partial charge in [-0.25, -0.2) is 4.90 Å². The molecule has 0 aliphatic carbocycles. The Kier molecular flexibility index (Phi) is 5.71. The van der Waals surface area contributed by atoms with Crippen molar-refractivity contribution in [1.82, 2.24) is 0 Å². The minimum absolute atomic E-state index is 0.0159. The van der Waals surface area contributed by atoms with Crippen LogP contribution in [-0.2, 0) is 15.0 Å². The van der Waals surface area contributed by atoms with Crippen LogP contribution in [0.5, 0.6) is 0 Å². The molecule has 168 valence electrons. The molecule has 4 rings (SSSR count). The highest BCUT2D eigenvalue weighted by atomic mass is 16.2. The summed E-state index contributed by atoms with van der Waals surface area (Å²) in [5.74, 6) is -0.664. The Bertz CT molecular complexity index is 1280. The van der Waals surface area contributed by atoms with Crippen LogP contribution in [0, 0.1) is 20.8 Å². The predicted octanol–water partition coefficient (Wildman–Crippen LogP) is 6.31. The van der Waals surface area contributed by atoms with Crippen LogP contribution in [0.1, 0.15) is 48.6 Å². The third-order valence-electron chi connectivity index (χ3n) is 6.28. The highest BCUT2D eigenvalue weighted by molar-refractivity contribution is 6.46. The third kappa shape index (κ3) is 4.21. The molecule has 1 aliphatic rings. The number of aryl methyl sites for hydroxylation is 3. The molecule has 4 nitrogen and oxygen atoms in total. The van der Waals surface area contributed by atoms with Crippen molar-refractivity contribution in [2.75, 3.05) is 10.2 Å². The lowest BCUT2D eigenvalue weighted by Crippen LogP contribution is -2.32. The van der Waals surface area contributed by atoms with E-state index in [1.165, 1.54) is 4.90 Å². The topological polar surface area (TPSA) is 49.4 Å². The second-order valence-corrected chi connectivity index (χ2v) is 9.73. The van der Waals surface area contributed by atoms with Crippen molar-refractivity contribution in [1.29, 1.82) is 0 Å². The zero-order valence-electron chi connectivity index (χ0n) is 20.1. The van der Waals surface area contributed by atoms with Crippen LogP contribution in [0.25, 0.3) is 5.57 Å². The van der Waals surface area contributed by atoms with Crippen LogP contribution in [-0.4, -0.2) is 11.8 Å². The van der Waals surface area contributed by atoms with E-state index in [-0.39, 0.29) is 17.2 Å². The van der Waals surface area contributed by atoms with Gasteiger partial charge in [-0.2, -0.15) is 0 Å². The molecule has 0 aromatic heterocycles. The zero-order valence-corrected chi connectivity index (χ0v) is 20.1. The van der Waals surface area contributed by atoms with Crippen LogP contribution in [0.3, 0.4) is 0 Å². The third-order valence-corrected chi connectivity index (χ3v) is 6.28. The molecule has 1 N–H and O–H groups in total. The largest absolute Gasteiger partial charge is 0.350 e. The van der Waals surface area contributed by atoms with Gasteiger partial charge in [-0.05, 0) is 72.2 Å². The average Bonchev–Trinajstić information content (AvgIpc) is 3.00. The Morgan fingerprint density at radius 2 is 1.39 bits per heavy atom. The Hall–Kier alpha value is -3.66. The van der Waals surface area contributed by atoms with Crippen LogP contribution in [0.2, 0.25) is 0 Å². The smallest absolute Gasteiger partial charge is 0.282 e. The molecule has 0 fully saturated rings. The van der Waals surface area contributed by atoms with Gasteiger partial charge >= 0.3 is 0 Å². The van der Waals surface area contributed by atoms with Gasteiger partial charge in [0, 0.05) is 5.69 Å². The van der Waals surface area contributed by atoms with Gasteiger partial charge in [0.05, 0.1) is 11.3 Å². The number of para-hydroxylation sites is 1. The van der Waals surface area contributed by atoms with Gasteiger partial charge in [0.25, 0.3) is 11.8 Å². The SMILES string of the molecule is Cc1ccc(C2=C(Nc3ccccc3C)C(=O)N(c3ccc(C(C)(C)C)cc3)C2=O)cc1C. The lowest BCUT2D eigenvalue weighted by atomic mass is 9.87. The Morgan fingerprint density at radius 3 is 2.00 bits per heavy atom. The molecule has 4 heteroatoms. The molecular formula is C29H30N2O2. The molecule has 33 heavy (non-hydrogen) atoms. The standard InChI is InChI=1S/C29H30N2O2/c1-18-11-12-21(17-20(18)3)25-26(30-24-10-8-7-9-19(24)2)28(33)31(27(25)32)23-15-13-22(14-16-23)29(4,5)6/h7-17,30H,1-6H3. The summed E-state index contributed by atoms with van der Waals surface area (Å²) in [4.78, 5) is 28.6. The molecule has 0 unspecified atom stereocenters. The van der Waals surface area contributed by atoms with Gasteiger partial charge in [0.2, 0.25) is 0 Å². The van der Waals surface area contributed by atoms with Gasteiger partial charge < -0.3 is 5.32 Å². The van der Waals surface area contributed by atoms with Crippen molar-refractivity contribution in [3.05, 3.63) is 100 Å². The summed E-state index contributed by atoms with van der Waals surface area (Å²) in [5, 5.41) is 3.27. The first-order valence-electron chi connectivity index (χ1n) is 11.2. The van der Waals surface area contributed by atoms with E-state index in [9.17, 15) is 9.59 Å². The van der Waals surface area contributed by atoms with Gasteiger partial charge in [-0.15, -0.1) is 0 Å². The normalized spacial score (nSPS) is 14.3. The van der Waals surface area contributed by atoms with Gasteiger partial charge in [0.1, 0.15) is 5.70 Å². The minimum atomic E-state index is -0.347. The Labute approximate surface area is 195 Å². The molecule has 2 amide bonds. The second kappa shape index (κ2) is 8.36. The summed E-state index contributed by atoms with van der Waals surface area (Å²) in [6.07, 6.45) is 0. The van der Waals surface area contributed by atoms with E-state index in [2.05, 4.69) is 26.1 Å². The lowest BCUT2D eigenvalue weighted by Gasteiger charge is -2.21. The fraction of sp³-hybridized carbons (Fsp3) is 0.241. The number of anilines is 2. The van der Waals surface area contributed by atoms with Crippen molar-refractivity contribution < 1.29 is 9.59 Å². The van der Waals surface area contributed by atoms with E-state index in [0.717, 1.165) is 33.5 Å². The number of rotatable bonds is 4. The van der Waals surface area contributed by atoms with E-state index in [0.29, 0.717) is 17.0 Å². The number of hydrogen-bond donors (Lipinski definition) is 1. The number of nitrogens with zero attached hydrogens (tertiary/aromatic N) is 1. The summed E-state index contributed by atoms with van der Waals surface area (Å²) in [7, 11) is 0. The van der Waals surface area contributed by atoms with Crippen LogP contribution in [0.15, 0.2) is 72.4 Å². The van der Waals surface area contributed by atoms with Crippen LogP contribution < -0.4 is 10.2 Å². The number of hydrogen-bond acceptors (Lipinski definition) is 3. The molecule has 3 aromatic rings. The van der Waals surface area contributed by atoms with E-state index >= 15 is 0 Å². The quantitative estimate of drug-likeness (QED) is 0.486. The maximum atomic E-state index is 13.7. The summed E-state index contributed by atoms with van der Waals surface area (Å²) in [5.41, 5.74) is 7.15. The Balaban J connectivity index is 1.82. The molecule has 0 spiro atoms. The number of amides is 2. The summed E-state index contributed by atoms with van der Waals surface area (Å²) < 4.78 is 0. The van der Waals surface area contributed by atoms with Gasteiger partial charge in [0.15, 0.2) is 0 Å². The summed E-state index contributed by atoms with van der Waals surface area (Å²) in [6.45, 7) is 12.4. The van der Waals surface area contributed by atoms with Crippen molar-refractivity contribution in [2.45, 2.75) is 47.0 Å². The fourth-order valence-corrected chi connectivity index (χ4v) is 4.00. The van der Waals surface area contributed by atoms with Crippen LogP contribution >= 0.6 is 0 Å². The lowest BCUT2D eigenvalue weighted by molar-refractivity contribution is -0.120. The number of carbonyl (C=O) groups excluding carboxylic acids is 2. The van der Waals surface area contributed by atoms with Crippen LogP contribution in [0.4, 0.5) is 11.4 Å². The molecule has 1 heterocycles. The molecule has 0 atom stereocenters. The molecule has 3 aromatic carbocycles. The van der Waals surface area contributed by atoms with E-state index in [4.69, 9.17) is 0 Å². The summed E-state index contributed by atoms with van der Waals surface area (Å²) in [6, 6.07) is 21.3. The maximum Gasteiger partial charge on any atom is 0.282 e. The monoisotopic (exact) mass is 438 g/mol.